The number of alkyl carbamates (subject to hydrolysis) is 1. The molecule has 5 rings (SSSR count). The Morgan fingerprint density at radius 3 is 2.17 bits per heavy atom. The van der Waals surface area contributed by atoms with Crippen LogP contribution in [0.4, 0.5) is 22.8 Å². The van der Waals surface area contributed by atoms with Gasteiger partial charge >= 0.3 is 18.4 Å². The summed E-state index contributed by atoms with van der Waals surface area (Å²) in [5.74, 6) is -0.0295. The summed E-state index contributed by atoms with van der Waals surface area (Å²) < 4.78 is 45.5. The first-order valence-corrected chi connectivity index (χ1v) is 21.5. The molecule has 3 unspecified atom stereocenters. The van der Waals surface area contributed by atoms with Crippen LogP contribution in [0.15, 0.2) is 77.8 Å². The minimum atomic E-state index is -4.39. The molecule has 2 N–H and O–H groups in total. The second-order valence-electron chi connectivity index (χ2n) is 15.2. The van der Waals surface area contributed by atoms with E-state index in [1.54, 1.807) is 18.8 Å². The van der Waals surface area contributed by atoms with Crippen molar-refractivity contribution < 1.29 is 32.3 Å². The lowest BCUT2D eigenvalue weighted by Gasteiger charge is -2.36. The molecule has 1 saturated heterocycles. The zero-order valence-corrected chi connectivity index (χ0v) is 35.0. The normalized spacial score (nSPS) is 15.4. The summed E-state index contributed by atoms with van der Waals surface area (Å²) in [4.78, 5) is 54.5. The second-order valence-corrected chi connectivity index (χ2v) is 17.0. The van der Waals surface area contributed by atoms with Crippen molar-refractivity contribution in [1.29, 1.82) is 0 Å². The second kappa shape index (κ2) is 22.1. The lowest BCUT2D eigenvalue weighted by atomic mass is 9.86. The number of piperazine rings is 1. The van der Waals surface area contributed by atoms with Gasteiger partial charge in [-0.15, -0.1) is 22.7 Å². The third-order valence-electron chi connectivity index (χ3n) is 10.2. The van der Waals surface area contributed by atoms with Crippen molar-refractivity contribution in [2.24, 2.45) is 5.92 Å². The largest absolute Gasteiger partial charge is 0.460 e. The smallest absolute Gasteiger partial charge is 0.444 e. The van der Waals surface area contributed by atoms with Gasteiger partial charge in [0.05, 0.1) is 33.7 Å². The molecule has 1 aliphatic heterocycles. The average Bonchev–Trinajstić information content (AvgIpc) is 3.91. The Hall–Kier alpha value is -4.38. The van der Waals surface area contributed by atoms with Crippen LogP contribution < -0.4 is 10.6 Å². The van der Waals surface area contributed by atoms with E-state index in [9.17, 15) is 27.6 Å². The van der Waals surface area contributed by atoms with Crippen molar-refractivity contribution in [3.8, 4) is 0 Å². The molecule has 16 heteroatoms. The standard InChI is InChI=1S/C42H54F3N7O4S2/c1-30(2)39-47-35(28-57-39)26-50(3)40(54)49-37(16-17-51-18-20-52(21-19-51)42(43,44)45)38(53)24-33(22-31-10-6-4-7-11-31)14-15-34(23-32-12-8-5-9-13-32)48-41(55)56-27-36-25-46-29-58-36/h4-13,25,28-30,33-34,37H,14-24,26-27H2,1-3H3,(H,48,55)(H,49,54). The number of carbonyl (C=O) groups excluding carboxylic acids is 3. The highest BCUT2D eigenvalue weighted by atomic mass is 32.1. The molecule has 0 spiro atoms. The van der Waals surface area contributed by atoms with E-state index in [-0.39, 0.29) is 75.8 Å². The third kappa shape index (κ3) is 14.8. The van der Waals surface area contributed by atoms with E-state index in [2.05, 4.69) is 34.4 Å². The molecule has 1 fully saturated rings. The van der Waals surface area contributed by atoms with Gasteiger partial charge in [-0.2, -0.15) is 13.2 Å². The third-order valence-corrected chi connectivity index (χ3v) is 12.2. The first kappa shape index (κ1) is 44.7. The summed E-state index contributed by atoms with van der Waals surface area (Å²) in [6.45, 7) is 4.94. The molecule has 1 aliphatic rings. The summed E-state index contributed by atoms with van der Waals surface area (Å²) >= 11 is 2.94. The van der Waals surface area contributed by atoms with Crippen molar-refractivity contribution in [2.45, 2.75) is 89.8 Å². The lowest BCUT2D eigenvalue weighted by Crippen LogP contribution is -2.53. The maximum Gasteiger partial charge on any atom is 0.460 e. The highest BCUT2D eigenvalue weighted by molar-refractivity contribution is 7.09. The molecular formula is C42H54F3N7O4S2. The molecular weight excluding hydrogens is 788 g/mol. The zero-order chi connectivity index (χ0) is 41.5. The summed E-state index contributed by atoms with van der Waals surface area (Å²) in [7, 11) is 1.65. The van der Waals surface area contributed by atoms with E-state index in [1.807, 2.05) is 70.9 Å². The molecule has 0 radical (unpaired) electrons. The SMILES string of the molecule is CC(C)c1nc(CN(C)C(=O)NC(CCN2CCN(C(F)(F)F)CC2)C(=O)CC(CCC(Cc2ccccc2)NC(=O)OCc2cncs2)Cc2ccccc2)cs1. The number of thiazole rings is 2. The van der Waals surface area contributed by atoms with Crippen LogP contribution >= 0.6 is 22.7 Å². The number of halogens is 3. The Bertz CT molecular complexity index is 1840. The van der Waals surface area contributed by atoms with Crippen LogP contribution in [0.2, 0.25) is 0 Å². The number of alkyl halides is 3. The fourth-order valence-corrected chi connectivity index (χ4v) is 8.29. The molecule has 0 bridgehead atoms. The Kier molecular flexibility index (Phi) is 17.1. The molecule has 0 saturated carbocycles. The number of nitrogens with zero attached hydrogens (tertiary/aromatic N) is 5. The van der Waals surface area contributed by atoms with Gasteiger partial charge in [-0.25, -0.2) is 19.5 Å². The predicted octanol–water partition coefficient (Wildman–Crippen LogP) is 7.90. The molecule has 11 nitrogen and oxygen atoms in total. The van der Waals surface area contributed by atoms with E-state index >= 15 is 0 Å². The number of benzene rings is 2. The van der Waals surface area contributed by atoms with Gasteiger partial charge in [-0.3, -0.25) is 9.78 Å². The van der Waals surface area contributed by atoms with E-state index < -0.39 is 24.5 Å². The van der Waals surface area contributed by atoms with E-state index in [1.165, 1.54) is 27.6 Å². The Morgan fingerprint density at radius 1 is 0.897 bits per heavy atom. The molecule has 3 atom stereocenters. The maximum atomic E-state index is 14.4. The van der Waals surface area contributed by atoms with E-state index in [0.717, 1.165) is 26.7 Å². The van der Waals surface area contributed by atoms with Crippen molar-refractivity contribution >= 4 is 40.6 Å². The lowest BCUT2D eigenvalue weighted by molar-refractivity contribution is -0.252. The summed E-state index contributed by atoms with van der Waals surface area (Å²) in [5.41, 5.74) is 4.54. The number of rotatable bonds is 20. The summed E-state index contributed by atoms with van der Waals surface area (Å²) in [5, 5.41) is 8.93. The quantitative estimate of drug-likeness (QED) is 0.0863. The number of ether oxygens (including phenoxy) is 1. The van der Waals surface area contributed by atoms with Crippen LogP contribution in [-0.2, 0) is 35.5 Å². The Balaban J connectivity index is 1.29. The van der Waals surface area contributed by atoms with Crippen LogP contribution in [0.1, 0.15) is 72.2 Å². The monoisotopic (exact) mass is 841 g/mol. The van der Waals surface area contributed by atoms with Gasteiger partial charge in [0.15, 0.2) is 5.78 Å². The van der Waals surface area contributed by atoms with Gasteiger partial charge in [0.2, 0.25) is 0 Å². The number of ketones is 1. The Labute approximate surface area is 347 Å². The minimum Gasteiger partial charge on any atom is -0.444 e. The fourth-order valence-electron chi connectivity index (χ4n) is 6.95. The minimum absolute atomic E-state index is 0.114. The van der Waals surface area contributed by atoms with Crippen molar-refractivity contribution in [1.82, 2.24) is 35.3 Å². The van der Waals surface area contributed by atoms with Crippen molar-refractivity contribution in [3.05, 3.63) is 104 Å². The maximum absolute atomic E-state index is 14.4. The van der Waals surface area contributed by atoms with Gasteiger partial charge < -0.3 is 25.2 Å². The summed E-state index contributed by atoms with van der Waals surface area (Å²) in [6.07, 6.45) is -0.540. The number of Topliss-reactive ketones (excluding diaryl/α,β-unsaturated/α-hetero) is 1. The van der Waals surface area contributed by atoms with Gasteiger partial charge in [0, 0.05) is 69.7 Å². The molecule has 2 aromatic carbocycles. The number of aromatic nitrogens is 2. The number of amides is 3. The van der Waals surface area contributed by atoms with Gasteiger partial charge in [-0.05, 0) is 49.1 Å². The van der Waals surface area contributed by atoms with Gasteiger partial charge in [0.1, 0.15) is 6.61 Å². The molecule has 3 amide bonds. The molecule has 4 aromatic rings. The number of carbonyl (C=O) groups is 3. The van der Waals surface area contributed by atoms with Gasteiger partial charge in [0.25, 0.3) is 0 Å². The Morgan fingerprint density at radius 2 is 1.57 bits per heavy atom. The van der Waals surface area contributed by atoms with Crippen LogP contribution in [-0.4, -0.2) is 101 Å². The molecule has 2 aromatic heterocycles. The highest BCUT2D eigenvalue weighted by Crippen LogP contribution is 2.25. The number of hydrogen-bond acceptors (Lipinski definition) is 10. The van der Waals surface area contributed by atoms with Crippen LogP contribution in [0, 0.1) is 5.92 Å². The number of urea groups is 1. The molecule has 58 heavy (non-hydrogen) atoms. The predicted molar refractivity (Wildman–Crippen MR) is 221 cm³/mol. The molecule has 3 heterocycles. The van der Waals surface area contributed by atoms with Crippen molar-refractivity contribution in [3.63, 3.8) is 0 Å². The summed E-state index contributed by atoms with van der Waals surface area (Å²) in [6, 6.07) is 18.2. The van der Waals surface area contributed by atoms with E-state index in [4.69, 9.17) is 4.74 Å². The van der Waals surface area contributed by atoms with Gasteiger partial charge in [-0.1, -0.05) is 74.5 Å². The van der Waals surface area contributed by atoms with Crippen molar-refractivity contribution in [2.75, 3.05) is 39.8 Å². The number of nitrogens with one attached hydrogen (secondary N) is 2. The van der Waals surface area contributed by atoms with E-state index in [0.29, 0.717) is 37.1 Å². The van der Waals surface area contributed by atoms with Crippen LogP contribution in [0.25, 0.3) is 0 Å². The highest BCUT2D eigenvalue weighted by Gasteiger charge is 2.39. The van der Waals surface area contributed by atoms with Crippen LogP contribution in [0.3, 0.4) is 0 Å². The first-order chi connectivity index (χ1) is 27.8. The molecule has 0 aliphatic carbocycles. The number of hydrogen-bond donors (Lipinski definition) is 2. The topological polar surface area (TPSA) is 120 Å². The average molecular weight is 842 g/mol. The van der Waals surface area contributed by atoms with Crippen LogP contribution in [0.5, 0.6) is 0 Å². The molecule has 314 valence electrons. The first-order valence-electron chi connectivity index (χ1n) is 19.7. The fraction of sp³-hybridized carbons (Fsp3) is 0.500. The zero-order valence-electron chi connectivity index (χ0n) is 33.3.